The smallest absolute Gasteiger partial charge is 0.288 e. The fourth-order valence-electron chi connectivity index (χ4n) is 8.66. The summed E-state index contributed by atoms with van der Waals surface area (Å²) in [6, 6.07) is 6.96. The van der Waals surface area contributed by atoms with Crippen molar-refractivity contribution in [2.45, 2.75) is 77.3 Å². The molecular weight excluding hydrogens is 1020 g/mol. The minimum atomic E-state index is -4.30. The van der Waals surface area contributed by atoms with E-state index in [1.54, 1.807) is 62.3 Å². The van der Waals surface area contributed by atoms with Crippen molar-refractivity contribution in [1.29, 1.82) is 0 Å². The van der Waals surface area contributed by atoms with Crippen molar-refractivity contribution in [3.63, 3.8) is 0 Å². The molecule has 0 bridgehead atoms. The van der Waals surface area contributed by atoms with Crippen LogP contribution in [0.1, 0.15) is 113 Å². The summed E-state index contributed by atoms with van der Waals surface area (Å²) in [4.78, 5) is 53.2. The first-order chi connectivity index (χ1) is 35.4. The molecule has 0 amide bonds. The SMILES string of the molecule is C.CCN(C)S(=O)(=O)Nc1ccc(F)c(C(=O)C2=CCc3ncc(-c4cnc(C5CC5)nc4)cc32)c1F.O=C(C1=CCc2ncc(-c3cnc(C4CC4)nc3)cc21)c1c(F)ccc(NS(=O)(=O)N2CC[C@@H](F)C2)c1F. The third kappa shape index (κ3) is 10.7. The van der Waals surface area contributed by atoms with Crippen LogP contribution in [0, 0.1) is 23.3 Å². The highest BCUT2D eigenvalue weighted by Crippen LogP contribution is 2.40. The summed E-state index contributed by atoms with van der Waals surface area (Å²) >= 11 is 0. The molecule has 2 saturated carbocycles. The molecule has 75 heavy (non-hydrogen) atoms. The molecule has 0 unspecified atom stereocenters. The maximum absolute atomic E-state index is 15.4. The number of rotatable bonds is 15. The molecule has 5 aliphatic rings. The van der Waals surface area contributed by atoms with Crippen molar-refractivity contribution in [2.24, 2.45) is 0 Å². The average molecular weight is 1070 g/mol. The quantitative estimate of drug-likeness (QED) is 0.0729. The van der Waals surface area contributed by atoms with E-state index in [0.29, 0.717) is 69.4 Å². The van der Waals surface area contributed by atoms with Crippen LogP contribution >= 0.6 is 0 Å². The molecule has 6 aromatic rings. The summed E-state index contributed by atoms with van der Waals surface area (Å²) in [6.07, 6.45) is 16.8. The Labute approximate surface area is 429 Å². The van der Waals surface area contributed by atoms with Crippen LogP contribution in [0.5, 0.6) is 0 Å². The van der Waals surface area contributed by atoms with E-state index in [9.17, 15) is 39.6 Å². The van der Waals surface area contributed by atoms with Crippen LogP contribution in [0.2, 0.25) is 0 Å². The van der Waals surface area contributed by atoms with Gasteiger partial charge in [-0.25, -0.2) is 41.9 Å². The van der Waals surface area contributed by atoms with Crippen molar-refractivity contribution in [1.82, 2.24) is 38.5 Å². The second kappa shape index (κ2) is 20.8. The lowest BCUT2D eigenvalue weighted by Gasteiger charge is -2.18. The van der Waals surface area contributed by atoms with E-state index in [0.717, 1.165) is 70.2 Å². The second-order valence-corrected chi connectivity index (χ2v) is 21.8. The number of hydrogen-bond donors (Lipinski definition) is 2. The Kier molecular flexibility index (Phi) is 14.6. The van der Waals surface area contributed by atoms with Crippen LogP contribution in [0.3, 0.4) is 0 Å². The molecule has 5 heterocycles. The number of ketones is 2. The fourth-order valence-corrected chi connectivity index (χ4v) is 10.9. The van der Waals surface area contributed by atoms with E-state index in [-0.39, 0.29) is 44.6 Å². The topological polar surface area (TPSA) is 210 Å². The first-order valence-corrected chi connectivity index (χ1v) is 26.5. The van der Waals surface area contributed by atoms with E-state index in [1.165, 1.54) is 13.1 Å². The van der Waals surface area contributed by atoms with Crippen LogP contribution in [-0.4, -0.2) is 99.8 Å². The van der Waals surface area contributed by atoms with Crippen molar-refractivity contribution in [3.8, 4) is 22.3 Å². The fraction of sp³-hybridized carbons (Fsp3) is 0.308. The van der Waals surface area contributed by atoms with Crippen molar-refractivity contribution < 1.29 is 48.4 Å². The molecule has 1 atom stereocenters. The largest absolute Gasteiger partial charge is 0.301 e. The number of alkyl halides is 1. The van der Waals surface area contributed by atoms with Gasteiger partial charge in [0.2, 0.25) is 0 Å². The molecule has 16 nitrogen and oxygen atoms in total. The zero-order valence-electron chi connectivity index (χ0n) is 39.6. The minimum Gasteiger partial charge on any atom is -0.288 e. The molecule has 1 aliphatic heterocycles. The van der Waals surface area contributed by atoms with Gasteiger partial charge in [0.25, 0.3) is 0 Å². The molecule has 2 N–H and O–H groups in total. The van der Waals surface area contributed by atoms with Gasteiger partial charge in [-0.15, -0.1) is 0 Å². The molecule has 390 valence electrons. The van der Waals surface area contributed by atoms with Crippen LogP contribution in [0.4, 0.5) is 33.3 Å². The van der Waals surface area contributed by atoms with E-state index in [1.807, 2.05) is 4.72 Å². The number of nitrogens with one attached hydrogen (secondary N) is 2. The van der Waals surface area contributed by atoms with E-state index in [2.05, 4.69) is 34.6 Å². The number of benzene rings is 2. The number of hydrogen-bond acceptors (Lipinski definition) is 12. The Bertz CT molecular complexity index is 3560. The van der Waals surface area contributed by atoms with Gasteiger partial charge in [0.05, 0.1) is 33.9 Å². The predicted octanol–water partition coefficient (Wildman–Crippen LogP) is 8.98. The second-order valence-electron chi connectivity index (χ2n) is 18.4. The first-order valence-electron chi connectivity index (χ1n) is 23.7. The highest BCUT2D eigenvalue weighted by molar-refractivity contribution is 7.90. The summed E-state index contributed by atoms with van der Waals surface area (Å²) in [5.41, 5.74) is 2.07. The van der Waals surface area contributed by atoms with Gasteiger partial charge in [0.15, 0.2) is 23.2 Å². The van der Waals surface area contributed by atoms with Crippen LogP contribution < -0.4 is 9.44 Å². The summed E-state index contributed by atoms with van der Waals surface area (Å²) in [7, 11) is -7.07. The van der Waals surface area contributed by atoms with Gasteiger partial charge in [-0.1, -0.05) is 26.5 Å². The van der Waals surface area contributed by atoms with Crippen molar-refractivity contribution in [2.75, 3.05) is 36.1 Å². The van der Waals surface area contributed by atoms with Crippen molar-refractivity contribution >= 4 is 54.5 Å². The minimum absolute atomic E-state index is 0. The molecular formula is C52H49F5N10O6S2. The van der Waals surface area contributed by atoms with Gasteiger partial charge in [0.1, 0.15) is 29.5 Å². The zero-order chi connectivity index (χ0) is 52.2. The maximum Gasteiger partial charge on any atom is 0.301 e. The van der Waals surface area contributed by atoms with Gasteiger partial charge in [-0.2, -0.15) is 25.4 Å². The van der Waals surface area contributed by atoms with Gasteiger partial charge in [-0.3, -0.25) is 29.0 Å². The molecule has 2 aromatic carbocycles. The Morgan fingerprint density at radius 3 is 1.47 bits per heavy atom. The van der Waals surface area contributed by atoms with Gasteiger partial charge in [-0.05, 0) is 68.5 Å². The Hall–Kier alpha value is -7.21. The summed E-state index contributed by atoms with van der Waals surface area (Å²) in [6.45, 7) is 1.31. The summed E-state index contributed by atoms with van der Waals surface area (Å²) in [5, 5.41) is 0. The van der Waals surface area contributed by atoms with E-state index >= 15 is 8.78 Å². The molecule has 4 aliphatic carbocycles. The Balaban J connectivity index is 0.000000182. The molecule has 1 saturated heterocycles. The molecule has 0 radical (unpaired) electrons. The highest BCUT2D eigenvalue weighted by Gasteiger charge is 2.35. The first kappa shape index (κ1) is 52.6. The highest BCUT2D eigenvalue weighted by atomic mass is 32.2. The van der Waals surface area contributed by atoms with E-state index < -0.39 is 83.9 Å². The lowest BCUT2D eigenvalue weighted by atomic mass is 9.96. The Morgan fingerprint density at radius 2 is 1.07 bits per heavy atom. The normalized spacial score (nSPS) is 17.0. The third-order valence-corrected chi connectivity index (χ3v) is 16.4. The van der Waals surface area contributed by atoms with Gasteiger partial charge in [0, 0.05) is 133 Å². The van der Waals surface area contributed by atoms with E-state index in [4.69, 9.17) is 0 Å². The number of aromatic nitrogens is 6. The number of allylic oxidation sites excluding steroid dienone is 4. The number of Topliss-reactive ketones (excluding diaryl/α,β-unsaturated/α-hetero) is 2. The van der Waals surface area contributed by atoms with Crippen LogP contribution in [0.15, 0.2) is 85.7 Å². The van der Waals surface area contributed by atoms with Crippen molar-refractivity contribution in [3.05, 3.63) is 154 Å². The third-order valence-electron chi connectivity index (χ3n) is 13.3. The molecule has 4 aromatic heterocycles. The predicted molar refractivity (Wildman–Crippen MR) is 270 cm³/mol. The number of halogens is 5. The van der Waals surface area contributed by atoms with Gasteiger partial charge < -0.3 is 0 Å². The van der Waals surface area contributed by atoms with Gasteiger partial charge >= 0.3 is 20.4 Å². The number of anilines is 2. The monoisotopic (exact) mass is 1070 g/mol. The number of nitrogens with zero attached hydrogens (tertiary/aromatic N) is 8. The molecule has 3 fully saturated rings. The number of carbonyl (C=O) groups is 2. The standard InChI is InChI=1S/C26H22F3N5O3S.C25H23F2N5O3S.CH4/c27-17-7-8-34(13-17)38(36,37)33-22-6-4-20(28)23(24(22)29)25(35)18-3-5-21-19(18)9-15(10-30-21)16-11-31-26(32-12-16)14-1-2-14;1-3-32(2)36(34,35)31-21-9-7-19(26)22(23(21)27)24(33)17-6-8-20-18(17)10-15(11-28-20)16-12-29-25(30-13-16)14-4-5-14;/h3-4,6,9-12,14,17,33H,1-2,5,7-8,13H2;6-7,9-14,31H,3-5,8H2,1-2H3;1H4/t17-;;/m1../s1. The zero-order valence-corrected chi connectivity index (χ0v) is 41.3. The lowest BCUT2D eigenvalue weighted by Crippen LogP contribution is -2.34. The average Bonchev–Trinajstić information content (AvgIpc) is 4.30. The number of fused-ring (bicyclic) bond motifs is 2. The summed E-state index contributed by atoms with van der Waals surface area (Å²) < 4.78 is 129. The molecule has 11 rings (SSSR count). The maximum atomic E-state index is 15.4. The molecule has 23 heteroatoms. The Morgan fingerprint density at radius 1 is 0.640 bits per heavy atom. The lowest BCUT2D eigenvalue weighted by molar-refractivity contribution is 0.104. The van der Waals surface area contributed by atoms with Crippen LogP contribution in [-0.2, 0) is 33.3 Å². The number of pyridine rings is 2. The van der Waals surface area contributed by atoms with Crippen LogP contribution in [0.25, 0.3) is 33.4 Å². The molecule has 0 spiro atoms. The summed E-state index contributed by atoms with van der Waals surface area (Å²) in [5.74, 6) is -4.30. The number of carbonyl (C=O) groups excluding carboxylic acids is 2.